The molecule has 0 saturated heterocycles. The van der Waals surface area contributed by atoms with Crippen LogP contribution in [0.1, 0.15) is 40.1 Å². The summed E-state index contributed by atoms with van der Waals surface area (Å²) >= 11 is 0. The summed E-state index contributed by atoms with van der Waals surface area (Å²) in [6.45, 7) is 3.30. The van der Waals surface area contributed by atoms with Crippen LogP contribution in [0.3, 0.4) is 0 Å². The zero-order valence-corrected chi connectivity index (χ0v) is 17.3. The summed E-state index contributed by atoms with van der Waals surface area (Å²) in [5.74, 6) is -0.711. The van der Waals surface area contributed by atoms with E-state index in [1.807, 2.05) is 30.3 Å². The lowest BCUT2D eigenvalue weighted by Gasteiger charge is -2.14. The van der Waals surface area contributed by atoms with Gasteiger partial charge in [-0.25, -0.2) is 4.79 Å². The Balaban J connectivity index is 1.58. The first-order valence-corrected chi connectivity index (χ1v) is 9.82. The Morgan fingerprint density at radius 3 is 2.32 bits per heavy atom. The molecule has 1 atom stereocenters. The number of amides is 1. The molecular formula is C25H23NO5. The number of ether oxygens (including phenoxy) is 2. The van der Waals surface area contributed by atoms with Gasteiger partial charge >= 0.3 is 5.97 Å². The number of carbonyl (C=O) groups excluding carboxylic acids is 3. The fraction of sp³-hybridized carbons (Fsp3) is 0.160. The van der Waals surface area contributed by atoms with Gasteiger partial charge in [-0.15, -0.1) is 0 Å². The van der Waals surface area contributed by atoms with Gasteiger partial charge in [-0.1, -0.05) is 48.5 Å². The average Bonchev–Trinajstić information content (AvgIpc) is 2.78. The Labute approximate surface area is 180 Å². The van der Waals surface area contributed by atoms with Crippen molar-refractivity contribution in [3.05, 3.63) is 95.6 Å². The summed E-state index contributed by atoms with van der Waals surface area (Å²) in [5.41, 5.74) is 2.23. The maximum absolute atomic E-state index is 12.5. The summed E-state index contributed by atoms with van der Waals surface area (Å²) in [7, 11) is 0. The van der Waals surface area contributed by atoms with Gasteiger partial charge in [0, 0.05) is 11.3 Å². The molecule has 1 amide bonds. The van der Waals surface area contributed by atoms with Crippen LogP contribution in [-0.4, -0.2) is 23.8 Å². The zero-order chi connectivity index (χ0) is 22.2. The van der Waals surface area contributed by atoms with Gasteiger partial charge in [0.2, 0.25) is 0 Å². The Morgan fingerprint density at radius 2 is 1.58 bits per heavy atom. The fourth-order valence-corrected chi connectivity index (χ4v) is 2.80. The van der Waals surface area contributed by atoms with E-state index in [4.69, 9.17) is 9.47 Å². The van der Waals surface area contributed by atoms with Gasteiger partial charge in [0.15, 0.2) is 11.9 Å². The van der Waals surface area contributed by atoms with Gasteiger partial charge in [-0.05, 0) is 49.7 Å². The monoisotopic (exact) mass is 417 g/mol. The van der Waals surface area contributed by atoms with E-state index in [2.05, 4.69) is 5.32 Å². The summed E-state index contributed by atoms with van der Waals surface area (Å²) in [6, 6.07) is 22.8. The lowest BCUT2D eigenvalue weighted by Crippen LogP contribution is -2.30. The molecule has 0 aliphatic rings. The number of hydrogen-bond donors (Lipinski definition) is 1. The molecule has 3 aromatic rings. The minimum absolute atomic E-state index is 0.107. The first kappa shape index (κ1) is 21.8. The van der Waals surface area contributed by atoms with Crippen LogP contribution in [0.4, 0.5) is 5.69 Å². The second kappa shape index (κ2) is 10.2. The van der Waals surface area contributed by atoms with Crippen molar-refractivity contribution in [2.24, 2.45) is 0 Å². The SMILES string of the molecule is CC(=O)c1cccc(NC(=O)[C@@H](C)OC(=O)c2cccc(OCc3ccccc3)c2)c1. The minimum atomic E-state index is -1.03. The lowest BCUT2D eigenvalue weighted by molar-refractivity contribution is -0.123. The molecule has 1 N–H and O–H groups in total. The number of anilines is 1. The van der Waals surface area contributed by atoms with E-state index < -0.39 is 18.0 Å². The Kier molecular flexibility index (Phi) is 7.17. The first-order chi connectivity index (χ1) is 14.9. The zero-order valence-electron chi connectivity index (χ0n) is 17.3. The van der Waals surface area contributed by atoms with Gasteiger partial charge < -0.3 is 14.8 Å². The van der Waals surface area contributed by atoms with Gasteiger partial charge in [0.25, 0.3) is 5.91 Å². The van der Waals surface area contributed by atoms with E-state index in [0.29, 0.717) is 23.6 Å². The van der Waals surface area contributed by atoms with Crippen LogP contribution < -0.4 is 10.1 Å². The van der Waals surface area contributed by atoms with Crippen molar-refractivity contribution in [2.75, 3.05) is 5.32 Å². The highest BCUT2D eigenvalue weighted by Gasteiger charge is 2.19. The molecular weight excluding hydrogens is 394 g/mol. The van der Waals surface area contributed by atoms with E-state index in [-0.39, 0.29) is 11.3 Å². The van der Waals surface area contributed by atoms with Crippen molar-refractivity contribution in [3.63, 3.8) is 0 Å². The van der Waals surface area contributed by atoms with E-state index in [0.717, 1.165) is 5.56 Å². The summed E-state index contributed by atoms with van der Waals surface area (Å²) < 4.78 is 11.0. The Morgan fingerprint density at radius 1 is 0.871 bits per heavy atom. The quantitative estimate of drug-likeness (QED) is 0.426. The Hall–Kier alpha value is -3.93. The molecule has 0 aliphatic carbocycles. The molecule has 31 heavy (non-hydrogen) atoms. The van der Waals surface area contributed by atoms with Crippen LogP contribution in [-0.2, 0) is 16.1 Å². The second-order valence-electron chi connectivity index (χ2n) is 6.98. The summed E-state index contributed by atoms with van der Waals surface area (Å²) in [4.78, 5) is 36.4. The molecule has 0 radical (unpaired) electrons. The molecule has 6 nitrogen and oxygen atoms in total. The molecule has 3 rings (SSSR count). The fourth-order valence-electron chi connectivity index (χ4n) is 2.80. The lowest BCUT2D eigenvalue weighted by atomic mass is 10.1. The predicted octanol–water partition coefficient (Wildman–Crippen LogP) is 4.65. The Bertz CT molecular complexity index is 1080. The molecule has 158 valence electrons. The molecule has 0 unspecified atom stereocenters. The summed E-state index contributed by atoms with van der Waals surface area (Å²) in [5, 5.41) is 2.65. The maximum Gasteiger partial charge on any atom is 0.339 e. The van der Waals surface area contributed by atoms with Crippen LogP contribution in [0, 0.1) is 0 Å². The number of benzene rings is 3. The van der Waals surface area contributed by atoms with E-state index in [9.17, 15) is 14.4 Å². The smallest absolute Gasteiger partial charge is 0.339 e. The van der Waals surface area contributed by atoms with Crippen LogP contribution >= 0.6 is 0 Å². The largest absolute Gasteiger partial charge is 0.489 e. The maximum atomic E-state index is 12.5. The standard InChI is InChI=1S/C25H23NO5/c1-17(27)20-10-6-12-22(14-20)26-24(28)18(2)31-25(29)21-11-7-13-23(15-21)30-16-19-8-4-3-5-9-19/h3-15,18H,16H2,1-2H3,(H,26,28)/t18-/m1/s1. The molecule has 3 aromatic carbocycles. The van der Waals surface area contributed by atoms with Crippen molar-refractivity contribution < 1.29 is 23.9 Å². The third-order valence-electron chi connectivity index (χ3n) is 4.51. The predicted molar refractivity (Wildman–Crippen MR) is 117 cm³/mol. The van der Waals surface area contributed by atoms with E-state index in [1.54, 1.807) is 48.5 Å². The van der Waals surface area contributed by atoms with Crippen LogP contribution in [0.5, 0.6) is 5.75 Å². The third-order valence-corrected chi connectivity index (χ3v) is 4.51. The van der Waals surface area contributed by atoms with Crippen LogP contribution in [0.2, 0.25) is 0 Å². The number of hydrogen-bond acceptors (Lipinski definition) is 5. The first-order valence-electron chi connectivity index (χ1n) is 9.82. The molecule has 6 heteroatoms. The second-order valence-corrected chi connectivity index (χ2v) is 6.98. The topological polar surface area (TPSA) is 81.7 Å². The number of carbonyl (C=O) groups is 3. The molecule has 0 aliphatic heterocycles. The number of esters is 1. The number of nitrogens with one attached hydrogen (secondary N) is 1. The van der Waals surface area contributed by atoms with Gasteiger partial charge in [-0.2, -0.15) is 0 Å². The van der Waals surface area contributed by atoms with Gasteiger partial charge in [-0.3, -0.25) is 9.59 Å². The number of Topliss-reactive ketones (excluding diaryl/α,β-unsaturated/α-hetero) is 1. The van der Waals surface area contributed by atoms with Crippen molar-refractivity contribution >= 4 is 23.3 Å². The van der Waals surface area contributed by atoms with Crippen molar-refractivity contribution in [3.8, 4) is 5.75 Å². The number of ketones is 1. The molecule has 0 bridgehead atoms. The van der Waals surface area contributed by atoms with Crippen molar-refractivity contribution in [1.82, 2.24) is 0 Å². The molecule has 0 saturated carbocycles. The van der Waals surface area contributed by atoms with E-state index >= 15 is 0 Å². The molecule has 0 fully saturated rings. The van der Waals surface area contributed by atoms with Gasteiger partial charge in [0.1, 0.15) is 12.4 Å². The molecule has 0 aromatic heterocycles. The van der Waals surface area contributed by atoms with Gasteiger partial charge in [0.05, 0.1) is 5.56 Å². The molecule has 0 heterocycles. The van der Waals surface area contributed by atoms with E-state index in [1.165, 1.54) is 13.8 Å². The van der Waals surface area contributed by atoms with Crippen molar-refractivity contribution in [1.29, 1.82) is 0 Å². The highest BCUT2D eigenvalue weighted by Crippen LogP contribution is 2.17. The minimum Gasteiger partial charge on any atom is -0.489 e. The highest BCUT2D eigenvalue weighted by molar-refractivity contribution is 5.99. The van der Waals surface area contributed by atoms with Crippen molar-refractivity contribution in [2.45, 2.75) is 26.6 Å². The normalized spacial score (nSPS) is 11.3. The van der Waals surface area contributed by atoms with Crippen LogP contribution in [0.25, 0.3) is 0 Å². The average molecular weight is 417 g/mol. The van der Waals surface area contributed by atoms with Crippen LogP contribution in [0.15, 0.2) is 78.9 Å². The third kappa shape index (κ3) is 6.27. The molecule has 0 spiro atoms. The summed E-state index contributed by atoms with van der Waals surface area (Å²) in [6.07, 6.45) is -1.03. The number of rotatable bonds is 8. The highest BCUT2D eigenvalue weighted by atomic mass is 16.5.